The van der Waals surface area contributed by atoms with Gasteiger partial charge in [-0.2, -0.15) is 5.10 Å². The Kier molecular flexibility index (Phi) is 5.26. The average molecular weight is 317 g/mol. The molecule has 0 bridgehead atoms. The highest BCUT2D eigenvalue weighted by molar-refractivity contribution is 7.11. The summed E-state index contributed by atoms with van der Waals surface area (Å²) in [6.07, 6.45) is 1.51. The minimum absolute atomic E-state index is 0.470. The van der Waals surface area contributed by atoms with Gasteiger partial charge in [-0.3, -0.25) is 9.59 Å². The standard InChI is InChI=1S/C15H15N3O3S/c1-10-6-7-22-13(10)9-16-18-15(20)14(19)17-11-4-3-5-12(8-11)21-2/h3-9H,1-2H3,(H,17,19)(H,18,20)/b16-9-. The number of nitrogens with zero attached hydrogens (tertiary/aromatic N) is 1. The van der Waals surface area contributed by atoms with Crippen LogP contribution in [0.3, 0.4) is 0 Å². The molecule has 0 aliphatic heterocycles. The molecule has 1 heterocycles. The predicted octanol–water partition coefficient (Wildman–Crippen LogP) is 2.15. The Balaban J connectivity index is 1.90. The first-order valence-corrected chi connectivity index (χ1v) is 7.30. The van der Waals surface area contributed by atoms with E-state index in [1.165, 1.54) is 24.7 Å². The number of hydrogen-bond acceptors (Lipinski definition) is 5. The number of methoxy groups -OCH3 is 1. The maximum atomic E-state index is 11.7. The van der Waals surface area contributed by atoms with Crippen LogP contribution in [0.2, 0.25) is 0 Å². The van der Waals surface area contributed by atoms with Crippen molar-refractivity contribution in [2.24, 2.45) is 5.10 Å². The van der Waals surface area contributed by atoms with Crippen molar-refractivity contribution in [3.8, 4) is 5.75 Å². The van der Waals surface area contributed by atoms with Gasteiger partial charge in [0.1, 0.15) is 5.75 Å². The van der Waals surface area contributed by atoms with E-state index in [0.29, 0.717) is 11.4 Å². The summed E-state index contributed by atoms with van der Waals surface area (Å²) in [7, 11) is 1.52. The molecule has 1 aromatic heterocycles. The van der Waals surface area contributed by atoms with Crippen LogP contribution in [0.4, 0.5) is 5.69 Å². The van der Waals surface area contributed by atoms with Crippen LogP contribution in [0.25, 0.3) is 0 Å². The molecule has 0 radical (unpaired) electrons. The van der Waals surface area contributed by atoms with Crippen molar-refractivity contribution >= 4 is 35.1 Å². The number of nitrogens with one attached hydrogen (secondary N) is 2. The first-order chi connectivity index (χ1) is 10.6. The van der Waals surface area contributed by atoms with Crippen LogP contribution < -0.4 is 15.5 Å². The molecule has 0 saturated carbocycles. The van der Waals surface area contributed by atoms with Crippen molar-refractivity contribution in [1.29, 1.82) is 0 Å². The summed E-state index contributed by atoms with van der Waals surface area (Å²) in [4.78, 5) is 24.3. The zero-order valence-corrected chi connectivity index (χ0v) is 12.9. The lowest BCUT2D eigenvalue weighted by atomic mass is 10.3. The molecule has 0 saturated heterocycles. The third-order valence-corrected chi connectivity index (χ3v) is 3.74. The third-order valence-electron chi connectivity index (χ3n) is 2.78. The summed E-state index contributed by atoms with van der Waals surface area (Å²) < 4.78 is 5.04. The van der Waals surface area contributed by atoms with Gasteiger partial charge < -0.3 is 10.1 Å². The zero-order valence-electron chi connectivity index (χ0n) is 12.1. The quantitative estimate of drug-likeness (QED) is 0.515. The fraction of sp³-hybridized carbons (Fsp3) is 0.133. The van der Waals surface area contributed by atoms with Gasteiger partial charge in [-0.05, 0) is 36.1 Å². The molecule has 2 N–H and O–H groups in total. The Hall–Kier alpha value is -2.67. The molecule has 2 amide bonds. The number of aryl methyl sites for hydroxylation is 1. The molecule has 22 heavy (non-hydrogen) atoms. The molecule has 2 rings (SSSR count). The molecular formula is C15H15N3O3S. The molecule has 0 fully saturated rings. The van der Waals surface area contributed by atoms with Crippen molar-refractivity contribution < 1.29 is 14.3 Å². The predicted molar refractivity (Wildman–Crippen MR) is 86.4 cm³/mol. The Morgan fingerprint density at radius 1 is 1.27 bits per heavy atom. The van der Waals surface area contributed by atoms with Crippen molar-refractivity contribution in [2.75, 3.05) is 12.4 Å². The maximum Gasteiger partial charge on any atom is 0.329 e. The second-order valence-electron chi connectivity index (χ2n) is 4.35. The van der Waals surface area contributed by atoms with Crippen LogP contribution in [0.5, 0.6) is 5.75 Å². The number of carbonyl (C=O) groups excluding carboxylic acids is 2. The minimum atomic E-state index is -0.840. The molecule has 0 atom stereocenters. The van der Waals surface area contributed by atoms with Gasteiger partial charge in [0.2, 0.25) is 0 Å². The highest BCUT2D eigenvalue weighted by Crippen LogP contribution is 2.16. The fourth-order valence-electron chi connectivity index (χ4n) is 1.61. The smallest absolute Gasteiger partial charge is 0.329 e. The van der Waals surface area contributed by atoms with Gasteiger partial charge in [-0.25, -0.2) is 5.43 Å². The van der Waals surface area contributed by atoms with Crippen LogP contribution in [0.15, 0.2) is 40.8 Å². The number of thiophene rings is 1. The second-order valence-corrected chi connectivity index (χ2v) is 5.30. The van der Waals surface area contributed by atoms with E-state index in [0.717, 1.165) is 10.4 Å². The normalized spacial score (nSPS) is 10.5. The van der Waals surface area contributed by atoms with Gasteiger partial charge in [-0.15, -0.1) is 11.3 Å². The number of anilines is 1. The highest BCUT2D eigenvalue weighted by atomic mass is 32.1. The van der Waals surface area contributed by atoms with E-state index in [2.05, 4.69) is 15.8 Å². The Morgan fingerprint density at radius 2 is 2.09 bits per heavy atom. The van der Waals surface area contributed by atoms with E-state index < -0.39 is 11.8 Å². The van der Waals surface area contributed by atoms with Crippen LogP contribution in [0, 0.1) is 6.92 Å². The molecule has 114 valence electrons. The van der Waals surface area contributed by atoms with Gasteiger partial charge >= 0.3 is 11.8 Å². The summed E-state index contributed by atoms with van der Waals surface area (Å²) in [6.45, 7) is 1.94. The number of amides is 2. The topological polar surface area (TPSA) is 79.8 Å². The number of hydrazone groups is 1. The first kappa shape index (κ1) is 15.7. The van der Waals surface area contributed by atoms with E-state index >= 15 is 0 Å². The average Bonchev–Trinajstić information content (AvgIpc) is 2.92. The summed E-state index contributed by atoms with van der Waals surface area (Å²) in [5, 5.41) is 8.17. The largest absolute Gasteiger partial charge is 0.497 e. The number of rotatable bonds is 4. The molecule has 1 aromatic carbocycles. The van der Waals surface area contributed by atoms with Gasteiger partial charge in [0.25, 0.3) is 0 Å². The van der Waals surface area contributed by atoms with Crippen molar-refractivity contribution in [3.05, 3.63) is 46.2 Å². The number of ether oxygens (including phenoxy) is 1. The molecule has 2 aromatic rings. The van der Waals surface area contributed by atoms with Crippen molar-refractivity contribution in [2.45, 2.75) is 6.92 Å². The lowest BCUT2D eigenvalue weighted by Crippen LogP contribution is -2.32. The molecule has 0 aliphatic carbocycles. The second kappa shape index (κ2) is 7.37. The lowest BCUT2D eigenvalue weighted by molar-refractivity contribution is -0.136. The van der Waals surface area contributed by atoms with E-state index in [-0.39, 0.29) is 0 Å². The number of carbonyl (C=O) groups is 2. The summed E-state index contributed by atoms with van der Waals surface area (Å²) in [6, 6.07) is 8.67. The summed E-state index contributed by atoms with van der Waals surface area (Å²) in [5.41, 5.74) is 3.72. The fourth-order valence-corrected chi connectivity index (χ4v) is 2.39. The van der Waals surface area contributed by atoms with E-state index in [1.807, 2.05) is 18.4 Å². The zero-order chi connectivity index (χ0) is 15.9. The van der Waals surface area contributed by atoms with Crippen LogP contribution in [-0.2, 0) is 9.59 Å². The number of hydrogen-bond donors (Lipinski definition) is 2. The van der Waals surface area contributed by atoms with E-state index in [4.69, 9.17) is 4.74 Å². The van der Waals surface area contributed by atoms with Gasteiger partial charge in [0.15, 0.2) is 0 Å². The molecule has 0 spiro atoms. The van der Waals surface area contributed by atoms with Crippen LogP contribution in [-0.4, -0.2) is 25.1 Å². The van der Waals surface area contributed by atoms with Gasteiger partial charge in [0, 0.05) is 16.6 Å². The molecule has 7 heteroatoms. The molecular weight excluding hydrogens is 302 g/mol. The number of benzene rings is 1. The van der Waals surface area contributed by atoms with Crippen LogP contribution in [0.1, 0.15) is 10.4 Å². The lowest BCUT2D eigenvalue weighted by Gasteiger charge is -2.05. The van der Waals surface area contributed by atoms with Crippen LogP contribution >= 0.6 is 11.3 Å². The third kappa shape index (κ3) is 4.16. The van der Waals surface area contributed by atoms with Crippen molar-refractivity contribution in [3.63, 3.8) is 0 Å². The molecule has 0 aliphatic rings. The Morgan fingerprint density at radius 3 is 2.77 bits per heavy atom. The SMILES string of the molecule is COc1cccc(NC(=O)C(=O)N/N=C\c2sccc2C)c1. The summed E-state index contributed by atoms with van der Waals surface area (Å²) in [5.74, 6) is -1.05. The van der Waals surface area contributed by atoms with Crippen molar-refractivity contribution in [1.82, 2.24) is 5.43 Å². The Bertz CT molecular complexity index is 710. The highest BCUT2D eigenvalue weighted by Gasteiger charge is 2.13. The van der Waals surface area contributed by atoms with Gasteiger partial charge in [-0.1, -0.05) is 6.07 Å². The van der Waals surface area contributed by atoms with E-state index in [1.54, 1.807) is 24.3 Å². The Labute approximate surface area is 131 Å². The minimum Gasteiger partial charge on any atom is -0.497 e. The molecule has 6 nitrogen and oxygen atoms in total. The molecule has 0 unspecified atom stereocenters. The monoisotopic (exact) mass is 317 g/mol. The maximum absolute atomic E-state index is 11.7. The van der Waals surface area contributed by atoms with E-state index in [9.17, 15) is 9.59 Å². The first-order valence-electron chi connectivity index (χ1n) is 6.42. The van der Waals surface area contributed by atoms with Gasteiger partial charge in [0.05, 0.1) is 13.3 Å². The summed E-state index contributed by atoms with van der Waals surface area (Å²) >= 11 is 1.50.